The van der Waals surface area contributed by atoms with Crippen LogP contribution >= 0.6 is 11.3 Å². The summed E-state index contributed by atoms with van der Waals surface area (Å²) >= 11 is 1.62. The van der Waals surface area contributed by atoms with Crippen LogP contribution in [-0.4, -0.2) is 43.5 Å². The van der Waals surface area contributed by atoms with Crippen LogP contribution < -0.4 is 0 Å². The smallest absolute Gasteiger partial charge is 0.338 e. The summed E-state index contributed by atoms with van der Waals surface area (Å²) in [5.74, 6) is -2.23. The zero-order valence-corrected chi connectivity index (χ0v) is 15.6. The highest BCUT2D eigenvalue weighted by molar-refractivity contribution is 7.10. The van der Waals surface area contributed by atoms with Gasteiger partial charge in [0.1, 0.15) is 0 Å². The second kappa shape index (κ2) is 8.39. The van der Waals surface area contributed by atoms with Gasteiger partial charge in [0.05, 0.1) is 19.2 Å². The van der Waals surface area contributed by atoms with Crippen molar-refractivity contribution in [2.75, 3.05) is 26.7 Å². The maximum absolute atomic E-state index is 13.0. The number of likely N-dealkylation sites (tertiary alicyclic amines) is 1. The van der Waals surface area contributed by atoms with Crippen molar-refractivity contribution in [2.24, 2.45) is 5.92 Å². The van der Waals surface area contributed by atoms with Gasteiger partial charge < -0.3 is 4.74 Å². The number of halogens is 2. The molecule has 0 bridgehead atoms. The van der Waals surface area contributed by atoms with Crippen molar-refractivity contribution >= 4 is 17.3 Å². The minimum absolute atomic E-state index is 0.121. The van der Waals surface area contributed by atoms with Gasteiger partial charge in [0.25, 0.3) is 5.92 Å². The molecule has 0 atom stereocenters. The SMILES string of the molecule is COC(=O)c1csc(CCCC2CCN(CC(C)(F)F)CC2)c1C. The Kier molecular flexibility index (Phi) is 6.75. The molecule has 0 spiro atoms. The van der Waals surface area contributed by atoms with Gasteiger partial charge in [-0.2, -0.15) is 0 Å². The van der Waals surface area contributed by atoms with Crippen molar-refractivity contribution < 1.29 is 18.3 Å². The normalized spacial score (nSPS) is 17.2. The van der Waals surface area contributed by atoms with E-state index in [-0.39, 0.29) is 12.5 Å². The summed E-state index contributed by atoms with van der Waals surface area (Å²) < 4.78 is 30.9. The second-order valence-corrected chi connectivity index (χ2v) is 7.84. The molecule has 1 aliphatic heterocycles. The summed E-state index contributed by atoms with van der Waals surface area (Å²) in [6.45, 7) is 4.40. The van der Waals surface area contributed by atoms with E-state index in [9.17, 15) is 13.6 Å². The largest absolute Gasteiger partial charge is 0.465 e. The Hall–Kier alpha value is -1.01. The number of hydrogen-bond donors (Lipinski definition) is 0. The van der Waals surface area contributed by atoms with Crippen molar-refractivity contribution in [3.05, 3.63) is 21.4 Å². The number of hydrogen-bond acceptors (Lipinski definition) is 4. The van der Waals surface area contributed by atoms with Crippen LogP contribution in [0.1, 0.15) is 53.4 Å². The van der Waals surface area contributed by atoms with Gasteiger partial charge in [-0.05, 0) is 57.2 Å². The highest BCUT2D eigenvalue weighted by Crippen LogP contribution is 2.28. The number of esters is 1. The molecule has 0 radical (unpaired) electrons. The zero-order valence-electron chi connectivity index (χ0n) is 14.7. The summed E-state index contributed by atoms with van der Waals surface area (Å²) in [5.41, 5.74) is 1.71. The lowest BCUT2D eigenvalue weighted by atomic mass is 9.91. The Morgan fingerprint density at radius 3 is 2.67 bits per heavy atom. The van der Waals surface area contributed by atoms with E-state index >= 15 is 0 Å². The number of ether oxygens (including phenoxy) is 1. The Balaban J connectivity index is 1.72. The van der Waals surface area contributed by atoms with Crippen LogP contribution in [0.2, 0.25) is 0 Å². The van der Waals surface area contributed by atoms with Crippen LogP contribution in [0.3, 0.4) is 0 Å². The highest BCUT2D eigenvalue weighted by Gasteiger charge is 2.28. The zero-order chi connectivity index (χ0) is 17.7. The van der Waals surface area contributed by atoms with Crippen LogP contribution in [0.25, 0.3) is 0 Å². The molecule has 2 heterocycles. The molecule has 136 valence electrons. The maximum Gasteiger partial charge on any atom is 0.338 e. The van der Waals surface area contributed by atoms with Gasteiger partial charge in [-0.25, -0.2) is 13.6 Å². The van der Waals surface area contributed by atoms with Crippen molar-refractivity contribution in [3.8, 4) is 0 Å². The number of thiophene rings is 1. The molecule has 6 heteroatoms. The number of alkyl halides is 2. The van der Waals surface area contributed by atoms with E-state index in [1.807, 2.05) is 17.2 Å². The number of piperidine rings is 1. The maximum atomic E-state index is 13.0. The minimum Gasteiger partial charge on any atom is -0.465 e. The van der Waals surface area contributed by atoms with E-state index in [0.29, 0.717) is 11.5 Å². The number of aryl methyl sites for hydroxylation is 1. The summed E-state index contributed by atoms with van der Waals surface area (Å²) in [6, 6.07) is 0. The summed E-state index contributed by atoms with van der Waals surface area (Å²) in [7, 11) is 1.40. The fraction of sp³-hybridized carbons (Fsp3) is 0.722. The monoisotopic (exact) mass is 359 g/mol. The molecule has 0 aromatic carbocycles. The Morgan fingerprint density at radius 1 is 1.42 bits per heavy atom. The van der Waals surface area contributed by atoms with Gasteiger partial charge in [0, 0.05) is 17.2 Å². The molecule has 1 aromatic heterocycles. The predicted molar refractivity (Wildman–Crippen MR) is 93.1 cm³/mol. The predicted octanol–water partition coefficient (Wildman–Crippen LogP) is 4.53. The lowest BCUT2D eigenvalue weighted by Crippen LogP contribution is -2.40. The first kappa shape index (κ1) is 19.3. The second-order valence-electron chi connectivity index (χ2n) is 6.87. The average molecular weight is 359 g/mol. The molecule has 1 fully saturated rings. The van der Waals surface area contributed by atoms with Crippen LogP contribution in [0, 0.1) is 12.8 Å². The van der Waals surface area contributed by atoms with Crippen molar-refractivity contribution in [3.63, 3.8) is 0 Å². The van der Waals surface area contributed by atoms with Crippen LogP contribution in [0.5, 0.6) is 0 Å². The Morgan fingerprint density at radius 2 is 2.08 bits per heavy atom. The van der Waals surface area contributed by atoms with Crippen LogP contribution in [0.4, 0.5) is 8.78 Å². The molecule has 0 N–H and O–H groups in total. The molecule has 0 aliphatic carbocycles. The molecular formula is C18H27F2NO2S. The first-order valence-electron chi connectivity index (χ1n) is 8.55. The molecule has 0 unspecified atom stereocenters. The molecule has 1 aromatic rings. The molecule has 0 amide bonds. The van der Waals surface area contributed by atoms with E-state index in [1.54, 1.807) is 11.3 Å². The Bertz CT molecular complexity index is 546. The molecule has 0 saturated carbocycles. The van der Waals surface area contributed by atoms with Crippen LogP contribution in [-0.2, 0) is 11.2 Å². The van der Waals surface area contributed by atoms with Gasteiger partial charge in [-0.1, -0.05) is 6.42 Å². The lowest BCUT2D eigenvalue weighted by Gasteiger charge is -2.33. The van der Waals surface area contributed by atoms with E-state index in [4.69, 9.17) is 4.74 Å². The van der Waals surface area contributed by atoms with E-state index < -0.39 is 5.92 Å². The van der Waals surface area contributed by atoms with Crippen molar-refractivity contribution in [1.29, 1.82) is 0 Å². The summed E-state index contributed by atoms with van der Waals surface area (Å²) in [5, 5.41) is 1.87. The summed E-state index contributed by atoms with van der Waals surface area (Å²) in [6.07, 6.45) is 5.19. The fourth-order valence-electron chi connectivity index (χ4n) is 3.39. The number of methoxy groups -OCH3 is 1. The lowest BCUT2D eigenvalue weighted by molar-refractivity contribution is -0.0226. The third-order valence-corrected chi connectivity index (χ3v) is 5.92. The number of carbonyl (C=O) groups is 1. The molecular weight excluding hydrogens is 332 g/mol. The van der Waals surface area contributed by atoms with Gasteiger partial charge in [-0.3, -0.25) is 4.90 Å². The first-order chi connectivity index (χ1) is 11.3. The van der Waals surface area contributed by atoms with E-state index in [0.717, 1.165) is 57.7 Å². The minimum atomic E-state index is -2.60. The van der Waals surface area contributed by atoms with Crippen LogP contribution in [0.15, 0.2) is 5.38 Å². The standard InChI is InChI=1S/C18H27F2NO2S/c1-13-15(17(22)23-3)11-24-16(13)6-4-5-14-7-9-21(10-8-14)12-18(2,19)20/h11,14H,4-10,12H2,1-3H3. The number of rotatable bonds is 7. The van der Waals surface area contributed by atoms with Gasteiger partial charge >= 0.3 is 5.97 Å². The van der Waals surface area contributed by atoms with Gasteiger partial charge in [-0.15, -0.1) is 11.3 Å². The van der Waals surface area contributed by atoms with Crippen molar-refractivity contribution in [1.82, 2.24) is 4.90 Å². The quantitative estimate of drug-likeness (QED) is 0.670. The third-order valence-electron chi connectivity index (χ3n) is 4.77. The topological polar surface area (TPSA) is 29.5 Å². The number of nitrogens with zero attached hydrogens (tertiary/aromatic N) is 1. The molecule has 2 rings (SSSR count). The third kappa shape index (κ3) is 5.52. The summed E-state index contributed by atoms with van der Waals surface area (Å²) in [4.78, 5) is 14.8. The average Bonchev–Trinajstić information content (AvgIpc) is 2.88. The van der Waals surface area contributed by atoms with Crippen molar-refractivity contribution in [2.45, 2.75) is 51.9 Å². The number of carbonyl (C=O) groups excluding carboxylic acids is 1. The van der Waals surface area contributed by atoms with E-state index in [2.05, 4.69) is 0 Å². The van der Waals surface area contributed by atoms with Gasteiger partial charge in [0.2, 0.25) is 0 Å². The Labute approximate surface area is 147 Å². The molecule has 1 aliphatic rings. The molecule has 3 nitrogen and oxygen atoms in total. The molecule has 24 heavy (non-hydrogen) atoms. The molecule has 1 saturated heterocycles. The van der Waals surface area contributed by atoms with E-state index in [1.165, 1.54) is 12.0 Å². The van der Waals surface area contributed by atoms with Gasteiger partial charge in [0.15, 0.2) is 0 Å². The first-order valence-corrected chi connectivity index (χ1v) is 9.43. The highest BCUT2D eigenvalue weighted by atomic mass is 32.1. The fourth-order valence-corrected chi connectivity index (χ4v) is 4.47.